The molecular weight excluding hydrogens is 473 g/mol. The molecule has 2 atom stereocenters. The van der Waals surface area contributed by atoms with E-state index in [1.165, 1.54) is 12.3 Å². The summed E-state index contributed by atoms with van der Waals surface area (Å²) >= 11 is 0. The van der Waals surface area contributed by atoms with Crippen molar-refractivity contribution in [3.63, 3.8) is 0 Å². The number of alkyl halides is 3. The summed E-state index contributed by atoms with van der Waals surface area (Å²) in [6.07, 6.45) is -5.52. The maximum atomic E-state index is 13.6. The number of aromatic nitrogens is 1. The van der Waals surface area contributed by atoms with E-state index in [2.05, 4.69) is 4.98 Å². The first-order valence-electron chi connectivity index (χ1n) is 11.9. The van der Waals surface area contributed by atoms with Crippen molar-refractivity contribution >= 4 is 5.91 Å². The lowest BCUT2D eigenvalue weighted by atomic mass is 9.87. The third kappa shape index (κ3) is 5.79. The number of hydrogen-bond donors (Lipinski definition) is 1. The number of amides is 1. The summed E-state index contributed by atoms with van der Waals surface area (Å²) in [4.78, 5) is 21.5. The Bertz CT molecular complexity index is 1150. The standard InChI is InChI=1S/C26H31F3N4O3/c1-5-32(4)9-7-17-11-20(24(34)26(27,28)29)19-8-10-33(25(35)21(19)12-17)16(3)22-13-23(36-6-2)18(14-30)15-31-22/h11-13,15-16,24,34H,5-10H2,1-4H3. The van der Waals surface area contributed by atoms with Gasteiger partial charge in [-0.2, -0.15) is 18.4 Å². The van der Waals surface area contributed by atoms with Crippen LogP contribution < -0.4 is 4.74 Å². The average molecular weight is 505 g/mol. The van der Waals surface area contributed by atoms with Gasteiger partial charge in [0.2, 0.25) is 0 Å². The molecule has 2 aromatic rings. The lowest BCUT2D eigenvalue weighted by molar-refractivity contribution is -0.207. The Labute approximate surface area is 209 Å². The number of aliphatic hydroxyl groups is 1. The predicted molar refractivity (Wildman–Crippen MR) is 128 cm³/mol. The fourth-order valence-electron chi connectivity index (χ4n) is 4.33. The maximum Gasteiger partial charge on any atom is 0.418 e. The second-order valence-corrected chi connectivity index (χ2v) is 8.88. The number of nitrogens with zero attached hydrogens (tertiary/aromatic N) is 4. The Balaban J connectivity index is 2.00. The summed E-state index contributed by atoms with van der Waals surface area (Å²) in [5.41, 5.74) is 1.47. The van der Waals surface area contributed by atoms with Crippen LogP contribution in [0.15, 0.2) is 24.4 Å². The van der Waals surface area contributed by atoms with Crippen molar-refractivity contribution in [2.75, 3.05) is 33.3 Å². The van der Waals surface area contributed by atoms with Crippen LogP contribution in [-0.4, -0.2) is 65.3 Å². The summed E-state index contributed by atoms with van der Waals surface area (Å²) < 4.78 is 46.0. The molecule has 0 saturated carbocycles. The Morgan fingerprint density at radius 2 is 2.03 bits per heavy atom. The number of hydrogen-bond acceptors (Lipinski definition) is 6. The first kappa shape index (κ1) is 27.4. The highest BCUT2D eigenvalue weighted by molar-refractivity contribution is 5.97. The quantitative estimate of drug-likeness (QED) is 0.551. The van der Waals surface area contributed by atoms with E-state index < -0.39 is 24.2 Å². The van der Waals surface area contributed by atoms with Crippen LogP contribution in [0.2, 0.25) is 0 Å². The van der Waals surface area contributed by atoms with E-state index in [-0.39, 0.29) is 35.2 Å². The van der Waals surface area contributed by atoms with E-state index in [1.807, 2.05) is 24.9 Å². The van der Waals surface area contributed by atoms with Crippen LogP contribution in [-0.2, 0) is 12.8 Å². The van der Waals surface area contributed by atoms with Crippen molar-refractivity contribution in [2.45, 2.75) is 51.9 Å². The van der Waals surface area contributed by atoms with E-state index in [1.54, 1.807) is 30.9 Å². The first-order valence-corrected chi connectivity index (χ1v) is 11.9. The van der Waals surface area contributed by atoms with Crippen molar-refractivity contribution < 1.29 is 27.8 Å². The van der Waals surface area contributed by atoms with Gasteiger partial charge in [0.05, 0.1) is 18.3 Å². The number of carbonyl (C=O) groups is 1. The van der Waals surface area contributed by atoms with Gasteiger partial charge >= 0.3 is 6.18 Å². The van der Waals surface area contributed by atoms with Gasteiger partial charge < -0.3 is 19.6 Å². The zero-order valence-corrected chi connectivity index (χ0v) is 20.9. The third-order valence-corrected chi connectivity index (χ3v) is 6.57. The SMILES string of the molecule is CCOc1cc(C(C)N2CCc3c(cc(CCN(C)CC)cc3C(O)C(F)(F)F)C2=O)ncc1C#N. The van der Waals surface area contributed by atoms with Crippen LogP contribution in [0.25, 0.3) is 0 Å². The number of aliphatic hydroxyl groups excluding tert-OH is 1. The third-order valence-electron chi connectivity index (χ3n) is 6.57. The number of rotatable bonds is 9. The molecule has 3 rings (SSSR count). The average Bonchev–Trinajstić information content (AvgIpc) is 2.86. The molecule has 1 N–H and O–H groups in total. The molecule has 10 heteroatoms. The largest absolute Gasteiger partial charge is 0.492 e. The van der Waals surface area contributed by atoms with Gasteiger partial charge in [-0.05, 0) is 63.0 Å². The topological polar surface area (TPSA) is 89.7 Å². The highest BCUT2D eigenvalue weighted by atomic mass is 19.4. The molecule has 7 nitrogen and oxygen atoms in total. The number of benzene rings is 1. The molecule has 0 aliphatic carbocycles. The summed E-state index contributed by atoms with van der Waals surface area (Å²) in [6.45, 7) is 7.42. The molecule has 36 heavy (non-hydrogen) atoms. The van der Waals surface area contributed by atoms with Gasteiger partial charge in [-0.25, -0.2) is 0 Å². The number of pyridine rings is 1. The van der Waals surface area contributed by atoms with Gasteiger partial charge in [-0.1, -0.05) is 13.0 Å². The summed E-state index contributed by atoms with van der Waals surface area (Å²) in [6, 6.07) is 6.15. The van der Waals surface area contributed by atoms with Crippen LogP contribution in [0.4, 0.5) is 13.2 Å². The van der Waals surface area contributed by atoms with Gasteiger partial charge in [0.25, 0.3) is 5.91 Å². The predicted octanol–water partition coefficient (Wildman–Crippen LogP) is 4.20. The first-order chi connectivity index (χ1) is 17.0. The minimum absolute atomic E-state index is 0.161. The lowest BCUT2D eigenvalue weighted by Gasteiger charge is -2.35. The molecule has 194 valence electrons. The van der Waals surface area contributed by atoms with E-state index in [0.29, 0.717) is 36.6 Å². The minimum atomic E-state index is -4.85. The molecule has 1 aliphatic heterocycles. The normalized spacial score (nSPS) is 15.4. The highest BCUT2D eigenvalue weighted by Gasteiger charge is 2.42. The van der Waals surface area contributed by atoms with E-state index in [4.69, 9.17) is 4.74 Å². The molecule has 0 bridgehead atoms. The Kier molecular flexibility index (Phi) is 8.59. The minimum Gasteiger partial charge on any atom is -0.492 e. The molecule has 0 saturated heterocycles. The number of likely N-dealkylation sites (N-methyl/N-ethyl adjacent to an activating group) is 1. The van der Waals surface area contributed by atoms with Crippen molar-refractivity contribution in [1.29, 1.82) is 5.26 Å². The molecule has 0 spiro atoms. The van der Waals surface area contributed by atoms with E-state index in [0.717, 1.165) is 6.54 Å². The molecule has 1 aromatic heterocycles. The maximum absolute atomic E-state index is 13.6. The van der Waals surface area contributed by atoms with Crippen molar-refractivity contribution in [2.24, 2.45) is 0 Å². The Morgan fingerprint density at radius 1 is 1.31 bits per heavy atom. The van der Waals surface area contributed by atoms with Gasteiger partial charge in [0, 0.05) is 30.9 Å². The molecule has 0 radical (unpaired) electrons. The second kappa shape index (κ2) is 11.3. The lowest BCUT2D eigenvalue weighted by Crippen LogP contribution is -2.40. The van der Waals surface area contributed by atoms with Crippen molar-refractivity contribution in [1.82, 2.24) is 14.8 Å². The van der Waals surface area contributed by atoms with E-state index in [9.17, 15) is 28.3 Å². The van der Waals surface area contributed by atoms with Crippen LogP contribution in [0.1, 0.15) is 71.2 Å². The molecule has 1 aliphatic rings. The van der Waals surface area contributed by atoms with Crippen molar-refractivity contribution in [3.8, 4) is 11.8 Å². The van der Waals surface area contributed by atoms with Gasteiger partial charge in [-0.15, -0.1) is 0 Å². The molecule has 0 fully saturated rings. The fourth-order valence-corrected chi connectivity index (χ4v) is 4.33. The van der Waals surface area contributed by atoms with Crippen LogP contribution in [0, 0.1) is 11.3 Å². The fraction of sp³-hybridized carbons (Fsp3) is 0.500. The van der Waals surface area contributed by atoms with E-state index >= 15 is 0 Å². The number of fused-ring (bicyclic) bond motifs is 1. The van der Waals surface area contributed by atoms with Gasteiger partial charge in [0.1, 0.15) is 17.4 Å². The summed E-state index contributed by atoms with van der Waals surface area (Å²) in [7, 11) is 1.90. The van der Waals surface area contributed by atoms with Crippen LogP contribution >= 0.6 is 0 Å². The number of ether oxygens (including phenoxy) is 1. The molecule has 2 unspecified atom stereocenters. The van der Waals surface area contributed by atoms with Crippen LogP contribution in [0.3, 0.4) is 0 Å². The van der Waals surface area contributed by atoms with Crippen molar-refractivity contribution in [3.05, 3.63) is 57.9 Å². The monoisotopic (exact) mass is 504 g/mol. The highest BCUT2D eigenvalue weighted by Crippen LogP contribution is 2.39. The molecule has 2 heterocycles. The Hall–Kier alpha value is -3.16. The number of halogens is 3. The smallest absolute Gasteiger partial charge is 0.418 e. The summed E-state index contributed by atoms with van der Waals surface area (Å²) in [5, 5.41) is 19.4. The van der Waals surface area contributed by atoms with Gasteiger partial charge in [-0.3, -0.25) is 9.78 Å². The summed E-state index contributed by atoms with van der Waals surface area (Å²) in [5.74, 6) is -0.0613. The molecule has 1 aromatic carbocycles. The Morgan fingerprint density at radius 3 is 2.64 bits per heavy atom. The van der Waals surface area contributed by atoms with Crippen LogP contribution in [0.5, 0.6) is 5.75 Å². The zero-order valence-electron chi connectivity index (χ0n) is 20.9. The second-order valence-electron chi connectivity index (χ2n) is 8.88. The zero-order chi connectivity index (χ0) is 26.6. The number of carbonyl (C=O) groups excluding carboxylic acids is 1. The number of nitriles is 1. The molecular formula is C26H31F3N4O3. The van der Waals surface area contributed by atoms with Gasteiger partial charge in [0.15, 0.2) is 6.10 Å². The molecule has 1 amide bonds.